The molecule has 162 valence electrons. The van der Waals surface area contributed by atoms with Gasteiger partial charge in [-0.05, 0) is 52.3 Å². The minimum atomic E-state index is -3.11. The predicted octanol–water partition coefficient (Wildman–Crippen LogP) is 2.68. The Morgan fingerprint density at radius 2 is 1.90 bits per heavy atom. The molecule has 1 aliphatic heterocycles. The molecule has 0 saturated carbocycles. The Kier molecular flexibility index (Phi) is 6.36. The number of carbonyl (C=O) groups is 2. The van der Waals surface area contributed by atoms with Crippen LogP contribution in [0.2, 0.25) is 0 Å². The molecule has 2 aromatic rings. The Labute approximate surface area is 177 Å². The topological polar surface area (TPSA) is 85.7 Å². The van der Waals surface area contributed by atoms with Crippen LogP contribution in [-0.4, -0.2) is 60.0 Å². The smallest absolute Gasteiger partial charge is 0.340 e. The van der Waals surface area contributed by atoms with Crippen LogP contribution in [0.3, 0.4) is 0 Å². The second-order valence-electron chi connectivity index (χ2n) is 7.68. The number of hydrogen-bond donors (Lipinski definition) is 0. The maximum absolute atomic E-state index is 12.9. The number of ether oxygens (including phenoxy) is 1. The summed E-state index contributed by atoms with van der Waals surface area (Å²) in [5.74, 6) is -0.891. The van der Waals surface area contributed by atoms with Crippen molar-refractivity contribution in [1.82, 2.24) is 9.47 Å². The van der Waals surface area contributed by atoms with Crippen LogP contribution < -0.4 is 0 Å². The first kappa shape index (κ1) is 22.1. The van der Waals surface area contributed by atoms with E-state index >= 15 is 0 Å². The average molecular weight is 433 g/mol. The summed E-state index contributed by atoms with van der Waals surface area (Å²) < 4.78 is 31.0. The molecule has 0 unspecified atom stereocenters. The molecular weight excluding hydrogens is 404 g/mol. The van der Waals surface area contributed by atoms with Gasteiger partial charge in [-0.15, -0.1) is 0 Å². The van der Waals surface area contributed by atoms with Crippen LogP contribution >= 0.6 is 0 Å². The molecule has 0 N–H and O–H groups in total. The van der Waals surface area contributed by atoms with Crippen molar-refractivity contribution in [2.75, 3.05) is 18.1 Å². The van der Waals surface area contributed by atoms with Gasteiger partial charge < -0.3 is 14.2 Å². The fraction of sp³-hybridized carbons (Fsp3) is 0.455. The van der Waals surface area contributed by atoms with Crippen molar-refractivity contribution in [3.8, 4) is 5.69 Å². The van der Waals surface area contributed by atoms with E-state index in [2.05, 4.69) is 0 Å². The van der Waals surface area contributed by atoms with Gasteiger partial charge in [0.1, 0.15) is 0 Å². The molecule has 0 spiro atoms. The number of benzene rings is 1. The number of hydrogen-bond acceptors (Lipinski definition) is 5. The highest BCUT2D eigenvalue weighted by molar-refractivity contribution is 7.91. The molecular formula is C22H28N2O5S. The van der Waals surface area contributed by atoms with Crippen LogP contribution in [-0.2, 0) is 19.4 Å². The monoisotopic (exact) mass is 432 g/mol. The predicted molar refractivity (Wildman–Crippen MR) is 115 cm³/mol. The van der Waals surface area contributed by atoms with Gasteiger partial charge >= 0.3 is 5.97 Å². The van der Waals surface area contributed by atoms with E-state index in [4.69, 9.17) is 4.74 Å². The quantitative estimate of drug-likeness (QED) is 0.655. The fourth-order valence-electron chi connectivity index (χ4n) is 4.07. The number of para-hydroxylation sites is 1. The molecule has 7 nitrogen and oxygen atoms in total. The number of aromatic nitrogens is 1. The summed E-state index contributed by atoms with van der Waals surface area (Å²) >= 11 is 0. The molecule has 1 aromatic carbocycles. The van der Waals surface area contributed by atoms with Crippen LogP contribution in [0.25, 0.3) is 5.69 Å². The number of sulfone groups is 1. The lowest BCUT2D eigenvalue weighted by molar-refractivity contribution is -0.141. The minimum absolute atomic E-state index is 0.0362. The lowest BCUT2D eigenvalue weighted by Gasteiger charge is -2.29. The summed E-state index contributed by atoms with van der Waals surface area (Å²) in [6.07, 6.45) is -0.582. The van der Waals surface area contributed by atoms with E-state index in [1.165, 1.54) is 11.8 Å². The molecule has 1 aliphatic rings. The van der Waals surface area contributed by atoms with E-state index in [-0.39, 0.29) is 23.5 Å². The van der Waals surface area contributed by atoms with E-state index in [0.29, 0.717) is 18.5 Å². The molecule has 0 bridgehead atoms. The van der Waals surface area contributed by atoms with Crippen molar-refractivity contribution >= 4 is 21.7 Å². The Bertz CT molecular complexity index is 1040. The average Bonchev–Trinajstić information content (AvgIpc) is 3.21. The molecule has 30 heavy (non-hydrogen) atoms. The summed E-state index contributed by atoms with van der Waals surface area (Å²) in [6.45, 7) is 7.44. The van der Waals surface area contributed by atoms with Gasteiger partial charge in [-0.1, -0.05) is 18.2 Å². The van der Waals surface area contributed by atoms with Gasteiger partial charge in [0.2, 0.25) is 0 Å². The second kappa shape index (κ2) is 8.63. The van der Waals surface area contributed by atoms with Crippen molar-refractivity contribution in [3.63, 3.8) is 0 Å². The number of esters is 1. The van der Waals surface area contributed by atoms with E-state index < -0.39 is 21.9 Å². The van der Waals surface area contributed by atoms with Crippen molar-refractivity contribution in [2.45, 2.75) is 46.3 Å². The van der Waals surface area contributed by atoms with E-state index in [0.717, 1.165) is 17.1 Å². The first-order valence-electron chi connectivity index (χ1n) is 10.1. The minimum Gasteiger partial charge on any atom is -0.449 e. The normalized spacial score (nSPS) is 18.7. The summed E-state index contributed by atoms with van der Waals surface area (Å²) in [5, 5.41) is 0. The number of aryl methyl sites for hydroxylation is 1. The van der Waals surface area contributed by atoms with Crippen LogP contribution in [0.15, 0.2) is 36.4 Å². The molecule has 2 heterocycles. The van der Waals surface area contributed by atoms with Crippen LogP contribution in [0.1, 0.15) is 42.0 Å². The SMILES string of the molecule is CCN(C(=O)[C@@H](C)OC(=O)c1cc(C)n(-c2ccccc2)c1C)[C@H]1CCS(=O)(=O)C1. The maximum Gasteiger partial charge on any atom is 0.340 e. The third-order valence-electron chi connectivity index (χ3n) is 5.57. The zero-order valence-corrected chi connectivity index (χ0v) is 18.6. The summed E-state index contributed by atoms with van der Waals surface area (Å²) in [6, 6.07) is 11.1. The van der Waals surface area contributed by atoms with E-state index in [1.54, 1.807) is 13.0 Å². The Morgan fingerprint density at radius 1 is 1.23 bits per heavy atom. The van der Waals surface area contributed by atoms with E-state index in [9.17, 15) is 18.0 Å². The molecule has 1 aromatic heterocycles. The number of carbonyl (C=O) groups excluding carboxylic acids is 2. The highest BCUT2D eigenvalue weighted by Crippen LogP contribution is 2.23. The van der Waals surface area contributed by atoms with Gasteiger partial charge in [0.25, 0.3) is 5.91 Å². The van der Waals surface area contributed by atoms with Gasteiger partial charge in [-0.25, -0.2) is 13.2 Å². The van der Waals surface area contributed by atoms with Crippen molar-refractivity contribution in [2.24, 2.45) is 0 Å². The summed E-state index contributed by atoms with van der Waals surface area (Å²) in [4.78, 5) is 27.2. The second-order valence-corrected chi connectivity index (χ2v) is 9.91. The number of rotatable bonds is 6. The van der Waals surface area contributed by atoms with E-state index in [1.807, 2.05) is 48.7 Å². The Morgan fingerprint density at radius 3 is 2.47 bits per heavy atom. The van der Waals surface area contributed by atoms with Crippen LogP contribution in [0.5, 0.6) is 0 Å². The molecule has 0 radical (unpaired) electrons. The first-order chi connectivity index (χ1) is 14.1. The van der Waals surface area contributed by atoms with Gasteiger partial charge in [-0.2, -0.15) is 0 Å². The van der Waals surface area contributed by atoms with Crippen molar-refractivity contribution < 1.29 is 22.7 Å². The van der Waals surface area contributed by atoms with Crippen molar-refractivity contribution in [3.05, 3.63) is 53.3 Å². The third kappa shape index (κ3) is 4.43. The lowest BCUT2D eigenvalue weighted by atomic mass is 10.2. The molecule has 3 rings (SSSR count). The molecule has 1 saturated heterocycles. The highest BCUT2D eigenvalue weighted by Gasteiger charge is 2.36. The largest absolute Gasteiger partial charge is 0.449 e. The molecule has 0 aliphatic carbocycles. The standard InChI is InChI=1S/C22H28N2O5S/c1-5-23(19-11-12-30(27,28)14-19)21(25)17(4)29-22(26)20-13-15(2)24(16(20)3)18-9-7-6-8-10-18/h6-10,13,17,19H,5,11-12,14H2,1-4H3/t17-,19+/m1/s1. The lowest BCUT2D eigenvalue weighted by Crippen LogP contribution is -2.46. The first-order valence-corrected chi connectivity index (χ1v) is 11.9. The van der Waals surface area contributed by atoms with Gasteiger partial charge in [0.05, 0.1) is 17.1 Å². The number of amides is 1. The summed E-state index contributed by atoms with van der Waals surface area (Å²) in [5.41, 5.74) is 2.96. The molecule has 2 atom stereocenters. The van der Waals surface area contributed by atoms with Gasteiger partial charge in [0.15, 0.2) is 15.9 Å². The third-order valence-corrected chi connectivity index (χ3v) is 7.32. The zero-order valence-electron chi connectivity index (χ0n) is 17.8. The summed E-state index contributed by atoms with van der Waals surface area (Å²) in [7, 11) is -3.11. The van der Waals surface area contributed by atoms with Crippen molar-refractivity contribution in [1.29, 1.82) is 0 Å². The number of likely N-dealkylation sites (N-methyl/N-ethyl adjacent to an activating group) is 1. The Hall–Kier alpha value is -2.61. The number of nitrogens with zero attached hydrogens (tertiary/aromatic N) is 2. The maximum atomic E-state index is 12.9. The highest BCUT2D eigenvalue weighted by atomic mass is 32.2. The molecule has 1 amide bonds. The van der Waals surface area contributed by atoms with Gasteiger partial charge in [0, 0.05) is 29.7 Å². The molecule has 1 fully saturated rings. The zero-order chi connectivity index (χ0) is 22.1. The molecule has 8 heteroatoms. The van der Waals surface area contributed by atoms with Gasteiger partial charge in [-0.3, -0.25) is 4.79 Å². The van der Waals surface area contributed by atoms with Crippen LogP contribution in [0.4, 0.5) is 0 Å². The van der Waals surface area contributed by atoms with Crippen LogP contribution in [0, 0.1) is 13.8 Å². The fourth-order valence-corrected chi connectivity index (χ4v) is 5.80. The Balaban J connectivity index is 1.75.